The quantitative estimate of drug-likeness (QED) is 0.175. The van der Waals surface area contributed by atoms with Gasteiger partial charge < -0.3 is 14.6 Å². The Labute approximate surface area is 223 Å². The van der Waals surface area contributed by atoms with Gasteiger partial charge in [0.25, 0.3) is 5.78 Å². The molecule has 38 heavy (non-hydrogen) atoms. The minimum Gasteiger partial charge on any atom is -0.507 e. The van der Waals surface area contributed by atoms with Gasteiger partial charge in [0.05, 0.1) is 24.5 Å². The Morgan fingerprint density at radius 3 is 2.55 bits per heavy atom. The van der Waals surface area contributed by atoms with Crippen molar-refractivity contribution in [3.05, 3.63) is 81.1 Å². The van der Waals surface area contributed by atoms with Gasteiger partial charge in [0.15, 0.2) is 5.13 Å². The zero-order chi connectivity index (χ0) is 27.6. The number of aryl methyl sites for hydroxylation is 2. The van der Waals surface area contributed by atoms with E-state index in [1.54, 1.807) is 45.0 Å². The van der Waals surface area contributed by atoms with Crippen molar-refractivity contribution in [2.24, 2.45) is 0 Å². The zero-order valence-electron chi connectivity index (χ0n) is 21.4. The number of aliphatic hydroxyl groups excluding tert-OH is 1. The van der Waals surface area contributed by atoms with E-state index in [-0.39, 0.29) is 33.3 Å². The largest absolute Gasteiger partial charge is 0.507 e. The highest BCUT2D eigenvalue weighted by Gasteiger charge is 2.49. The van der Waals surface area contributed by atoms with Crippen molar-refractivity contribution in [2.75, 3.05) is 18.1 Å². The van der Waals surface area contributed by atoms with E-state index in [1.807, 2.05) is 6.92 Å². The Hall–Kier alpha value is -4.05. The molecule has 1 aromatic heterocycles. The number of hydrogen-bond donors (Lipinski definition) is 1. The van der Waals surface area contributed by atoms with Crippen LogP contribution in [-0.2, 0) is 14.3 Å². The van der Waals surface area contributed by atoms with Crippen molar-refractivity contribution in [1.82, 2.24) is 4.98 Å². The van der Waals surface area contributed by atoms with Crippen molar-refractivity contribution in [3.63, 3.8) is 0 Å². The lowest BCUT2D eigenvalue weighted by atomic mass is 9.94. The van der Waals surface area contributed by atoms with Gasteiger partial charge in [0.1, 0.15) is 28.2 Å². The number of nitrogens with zero attached hydrogens (tertiary/aromatic N) is 2. The fourth-order valence-corrected chi connectivity index (χ4v) is 5.21. The van der Waals surface area contributed by atoms with Gasteiger partial charge in [-0.25, -0.2) is 14.2 Å². The number of ether oxygens (including phenoxy) is 2. The minimum atomic E-state index is -1.31. The lowest BCUT2D eigenvalue weighted by molar-refractivity contribution is -0.132. The van der Waals surface area contributed by atoms with Gasteiger partial charge >= 0.3 is 11.9 Å². The first-order valence-corrected chi connectivity index (χ1v) is 12.9. The number of thiazole rings is 1. The molecule has 1 saturated heterocycles. The molecule has 1 fully saturated rings. The van der Waals surface area contributed by atoms with Gasteiger partial charge in [0, 0.05) is 11.1 Å². The predicted octanol–water partition coefficient (Wildman–Crippen LogP) is 5.49. The molecule has 10 heteroatoms. The van der Waals surface area contributed by atoms with E-state index >= 15 is 4.39 Å². The minimum absolute atomic E-state index is 0.00147. The van der Waals surface area contributed by atoms with Crippen LogP contribution in [0.4, 0.5) is 9.52 Å². The van der Waals surface area contributed by atoms with E-state index < -0.39 is 35.3 Å². The maximum Gasteiger partial charge on any atom is 0.350 e. The summed E-state index contributed by atoms with van der Waals surface area (Å²) in [7, 11) is 0. The van der Waals surface area contributed by atoms with Crippen LogP contribution in [0.15, 0.2) is 48.0 Å². The summed E-state index contributed by atoms with van der Waals surface area (Å²) in [4.78, 5) is 44.6. The fraction of sp³-hybridized carbons (Fsp3) is 0.286. The molecule has 1 N–H and O–H groups in total. The van der Waals surface area contributed by atoms with Gasteiger partial charge in [-0.15, -0.1) is 0 Å². The van der Waals surface area contributed by atoms with Gasteiger partial charge in [-0.3, -0.25) is 14.5 Å². The van der Waals surface area contributed by atoms with Crippen LogP contribution in [-0.4, -0.2) is 41.0 Å². The number of benzene rings is 2. The Morgan fingerprint density at radius 1 is 1.16 bits per heavy atom. The summed E-state index contributed by atoms with van der Waals surface area (Å²) >= 11 is 0.860. The maximum atomic E-state index is 15.1. The summed E-state index contributed by atoms with van der Waals surface area (Å²) in [5.41, 5.74) is 1.00. The number of anilines is 1. The first-order chi connectivity index (χ1) is 18.2. The molecule has 1 amide bonds. The average Bonchev–Trinajstić information content (AvgIpc) is 3.40. The van der Waals surface area contributed by atoms with Crippen LogP contribution in [0.3, 0.4) is 0 Å². The fourth-order valence-electron chi connectivity index (χ4n) is 4.22. The van der Waals surface area contributed by atoms with Crippen LogP contribution in [0.1, 0.15) is 58.4 Å². The molecule has 0 saturated carbocycles. The third-order valence-corrected chi connectivity index (χ3v) is 7.14. The topological polar surface area (TPSA) is 106 Å². The van der Waals surface area contributed by atoms with Gasteiger partial charge in [-0.05, 0) is 57.0 Å². The van der Waals surface area contributed by atoms with Gasteiger partial charge in [-0.1, -0.05) is 36.5 Å². The molecule has 0 radical (unpaired) electrons. The van der Waals surface area contributed by atoms with Crippen molar-refractivity contribution in [2.45, 2.75) is 40.2 Å². The molecule has 0 unspecified atom stereocenters. The lowest BCUT2D eigenvalue weighted by Crippen LogP contribution is -2.29. The normalized spacial score (nSPS) is 16.7. The molecule has 1 aliphatic rings. The van der Waals surface area contributed by atoms with Crippen molar-refractivity contribution in [1.29, 1.82) is 0 Å². The number of ketones is 1. The molecule has 3 aromatic rings. The van der Waals surface area contributed by atoms with Crippen LogP contribution < -0.4 is 9.64 Å². The number of rotatable bonds is 8. The Balaban J connectivity index is 1.88. The number of aliphatic hydroxyl groups is 1. The van der Waals surface area contributed by atoms with E-state index in [4.69, 9.17) is 9.47 Å². The van der Waals surface area contributed by atoms with E-state index in [0.29, 0.717) is 23.6 Å². The van der Waals surface area contributed by atoms with E-state index in [0.717, 1.165) is 22.7 Å². The van der Waals surface area contributed by atoms with E-state index in [9.17, 15) is 19.5 Å². The molecule has 2 heterocycles. The SMILES string of the molecule is CCCOc1ccc(C(O)=C2C(=O)C(=O)N(c3nc(C)c(C(=O)OCC)s3)[C@H]2c2ccccc2F)cc1C. The molecule has 1 atom stereocenters. The summed E-state index contributed by atoms with van der Waals surface area (Å²) in [5, 5.41) is 11.3. The van der Waals surface area contributed by atoms with Gasteiger partial charge in [-0.2, -0.15) is 0 Å². The summed E-state index contributed by atoms with van der Waals surface area (Å²) in [6.45, 7) is 7.68. The highest BCUT2D eigenvalue weighted by molar-refractivity contribution is 7.17. The number of amides is 1. The highest BCUT2D eigenvalue weighted by Crippen LogP contribution is 2.44. The molecule has 4 rings (SSSR count). The molecule has 2 aromatic carbocycles. The number of Topliss-reactive ketones (excluding diaryl/α,β-unsaturated/α-hetero) is 1. The monoisotopic (exact) mass is 538 g/mol. The van der Waals surface area contributed by atoms with E-state index in [2.05, 4.69) is 4.98 Å². The Bertz CT molecular complexity index is 1450. The highest BCUT2D eigenvalue weighted by atomic mass is 32.1. The second-order valence-electron chi connectivity index (χ2n) is 8.65. The number of hydrogen-bond acceptors (Lipinski definition) is 8. The summed E-state index contributed by atoms with van der Waals surface area (Å²) < 4.78 is 25.9. The average molecular weight is 539 g/mol. The number of halogens is 1. The maximum absolute atomic E-state index is 15.1. The van der Waals surface area contributed by atoms with E-state index in [1.165, 1.54) is 18.2 Å². The summed E-state index contributed by atoms with van der Waals surface area (Å²) in [6, 6.07) is 9.26. The number of esters is 1. The molecular weight excluding hydrogens is 511 g/mol. The smallest absolute Gasteiger partial charge is 0.350 e. The Morgan fingerprint density at radius 2 is 1.89 bits per heavy atom. The number of aromatic nitrogens is 1. The van der Waals surface area contributed by atoms with Crippen LogP contribution in [0, 0.1) is 19.7 Å². The molecule has 198 valence electrons. The molecule has 0 bridgehead atoms. The van der Waals surface area contributed by atoms with Crippen LogP contribution in [0.2, 0.25) is 0 Å². The molecule has 0 spiro atoms. The summed E-state index contributed by atoms with van der Waals surface area (Å²) in [6.07, 6.45) is 0.821. The first kappa shape index (κ1) is 27.0. The first-order valence-electron chi connectivity index (χ1n) is 12.1. The molecule has 8 nitrogen and oxygen atoms in total. The molecule has 1 aliphatic heterocycles. The van der Waals surface area contributed by atoms with Crippen LogP contribution >= 0.6 is 11.3 Å². The second-order valence-corrected chi connectivity index (χ2v) is 9.63. The van der Waals surface area contributed by atoms with Crippen LogP contribution in [0.5, 0.6) is 5.75 Å². The van der Waals surface area contributed by atoms with Crippen molar-refractivity contribution >= 4 is 39.9 Å². The van der Waals surface area contributed by atoms with Crippen molar-refractivity contribution < 1.29 is 33.4 Å². The standard InChI is InChI=1S/C28H27FN2O6S/c1-5-13-37-20-12-11-17(14-15(20)3)23(32)21-22(18-9-7-8-10-19(18)29)31(26(34)24(21)33)28-30-16(4)25(38-28)27(35)36-6-2/h7-12,14,22,32H,5-6,13H2,1-4H3/t22-/m0/s1. The lowest BCUT2D eigenvalue weighted by Gasteiger charge is -2.23. The molecular formula is C28H27FN2O6S. The Kier molecular flexibility index (Phi) is 7.91. The third-order valence-electron chi connectivity index (χ3n) is 6.01. The van der Waals surface area contributed by atoms with Crippen LogP contribution in [0.25, 0.3) is 5.76 Å². The van der Waals surface area contributed by atoms with Gasteiger partial charge in [0.2, 0.25) is 0 Å². The second kappa shape index (κ2) is 11.1. The predicted molar refractivity (Wildman–Crippen MR) is 141 cm³/mol. The van der Waals surface area contributed by atoms with Crippen molar-refractivity contribution in [3.8, 4) is 5.75 Å². The number of carbonyl (C=O) groups excluding carboxylic acids is 3. The summed E-state index contributed by atoms with van der Waals surface area (Å²) in [5.74, 6) is -3.11. The number of carbonyl (C=O) groups is 3. The third kappa shape index (κ3) is 4.91. The zero-order valence-corrected chi connectivity index (χ0v) is 22.2. The molecule has 0 aliphatic carbocycles.